The molecule has 0 saturated heterocycles. The average molecular weight is 165 g/mol. The van der Waals surface area contributed by atoms with Gasteiger partial charge in [-0.2, -0.15) is 0 Å². The SMILES string of the molecule is CC(C)CCCNS(=O)O. The van der Waals surface area contributed by atoms with Crippen LogP contribution in [0.15, 0.2) is 0 Å². The van der Waals surface area contributed by atoms with Gasteiger partial charge in [0.25, 0.3) is 0 Å². The topological polar surface area (TPSA) is 49.3 Å². The Morgan fingerprint density at radius 2 is 2.20 bits per heavy atom. The van der Waals surface area contributed by atoms with Crippen LogP contribution < -0.4 is 4.72 Å². The summed E-state index contributed by atoms with van der Waals surface area (Å²) in [5.41, 5.74) is 0. The van der Waals surface area contributed by atoms with Gasteiger partial charge in [0.15, 0.2) is 0 Å². The molecule has 0 aliphatic rings. The highest BCUT2D eigenvalue weighted by molar-refractivity contribution is 7.77. The lowest BCUT2D eigenvalue weighted by Crippen LogP contribution is -2.17. The van der Waals surface area contributed by atoms with Crippen molar-refractivity contribution in [2.75, 3.05) is 6.54 Å². The molecule has 0 aromatic carbocycles. The van der Waals surface area contributed by atoms with E-state index < -0.39 is 11.3 Å². The molecule has 62 valence electrons. The summed E-state index contributed by atoms with van der Waals surface area (Å²) >= 11 is -1.83. The van der Waals surface area contributed by atoms with Crippen molar-refractivity contribution in [1.29, 1.82) is 0 Å². The minimum Gasteiger partial charge on any atom is -0.294 e. The van der Waals surface area contributed by atoms with E-state index in [4.69, 9.17) is 4.55 Å². The third-order valence-electron chi connectivity index (χ3n) is 1.18. The molecule has 0 aliphatic heterocycles. The molecule has 1 atom stereocenters. The van der Waals surface area contributed by atoms with Crippen molar-refractivity contribution in [3.63, 3.8) is 0 Å². The van der Waals surface area contributed by atoms with Crippen LogP contribution in [0.4, 0.5) is 0 Å². The summed E-state index contributed by atoms with van der Waals surface area (Å²) in [6.07, 6.45) is 2.06. The summed E-state index contributed by atoms with van der Waals surface area (Å²) in [7, 11) is 0. The van der Waals surface area contributed by atoms with Crippen LogP contribution in [0.25, 0.3) is 0 Å². The molecule has 1 unspecified atom stereocenters. The van der Waals surface area contributed by atoms with Gasteiger partial charge in [-0.1, -0.05) is 13.8 Å². The van der Waals surface area contributed by atoms with Gasteiger partial charge in [0.2, 0.25) is 11.3 Å². The lowest BCUT2D eigenvalue weighted by atomic mass is 10.1. The fourth-order valence-electron chi connectivity index (χ4n) is 0.670. The maximum atomic E-state index is 10.0. The van der Waals surface area contributed by atoms with Crippen LogP contribution in [-0.4, -0.2) is 15.3 Å². The van der Waals surface area contributed by atoms with Gasteiger partial charge in [-0.25, -0.2) is 8.93 Å². The molecular weight excluding hydrogens is 150 g/mol. The minimum absolute atomic E-state index is 0.626. The highest BCUT2D eigenvalue weighted by atomic mass is 32.2. The molecule has 2 N–H and O–H groups in total. The average Bonchev–Trinajstić information content (AvgIpc) is 1.79. The summed E-state index contributed by atoms with van der Waals surface area (Å²) in [5.74, 6) is 0.675. The predicted octanol–water partition coefficient (Wildman–Crippen LogP) is 1.15. The van der Waals surface area contributed by atoms with Crippen molar-refractivity contribution in [3.8, 4) is 0 Å². The maximum absolute atomic E-state index is 10.0. The van der Waals surface area contributed by atoms with E-state index in [-0.39, 0.29) is 0 Å². The first kappa shape index (κ1) is 10.1. The fraction of sp³-hybridized carbons (Fsp3) is 1.00. The zero-order valence-corrected chi connectivity index (χ0v) is 7.28. The summed E-state index contributed by atoms with van der Waals surface area (Å²) in [6, 6.07) is 0. The molecule has 0 saturated carbocycles. The molecule has 0 bridgehead atoms. The van der Waals surface area contributed by atoms with E-state index >= 15 is 0 Å². The van der Waals surface area contributed by atoms with E-state index in [2.05, 4.69) is 18.6 Å². The molecule has 10 heavy (non-hydrogen) atoms. The highest BCUT2D eigenvalue weighted by Crippen LogP contribution is 2.01. The molecule has 0 radical (unpaired) electrons. The van der Waals surface area contributed by atoms with E-state index in [0.29, 0.717) is 12.5 Å². The lowest BCUT2D eigenvalue weighted by molar-refractivity contribution is 0.526. The van der Waals surface area contributed by atoms with E-state index in [1.54, 1.807) is 0 Å². The molecule has 0 spiro atoms. The zero-order valence-electron chi connectivity index (χ0n) is 6.46. The van der Waals surface area contributed by atoms with Crippen LogP contribution in [0.1, 0.15) is 26.7 Å². The second-order valence-electron chi connectivity index (χ2n) is 2.68. The van der Waals surface area contributed by atoms with Crippen LogP contribution in [0.3, 0.4) is 0 Å². The molecule has 0 amide bonds. The Bertz CT molecular complexity index is 106. The van der Waals surface area contributed by atoms with Gasteiger partial charge < -0.3 is 0 Å². The van der Waals surface area contributed by atoms with Crippen LogP contribution in [0.2, 0.25) is 0 Å². The maximum Gasteiger partial charge on any atom is 0.231 e. The van der Waals surface area contributed by atoms with Crippen molar-refractivity contribution >= 4 is 11.3 Å². The molecule has 0 heterocycles. The minimum atomic E-state index is -1.83. The normalized spacial score (nSPS) is 14.0. The lowest BCUT2D eigenvalue weighted by Gasteiger charge is -2.02. The molecule has 0 fully saturated rings. The number of nitrogens with one attached hydrogen (secondary N) is 1. The molecule has 0 aromatic rings. The van der Waals surface area contributed by atoms with Crippen LogP contribution in [-0.2, 0) is 11.3 Å². The zero-order chi connectivity index (χ0) is 7.98. The Kier molecular flexibility index (Phi) is 5.87. The van der Waals surface area contributed by atoms with Crippen molar-refractivity contribution in [2.24, 2.45) is 5.92 Å². The van der Waals surface area contributed by atoms with Crippen LogP contribution in [0, 0.1) is 5.92 Å². The standard InChI is InChI=1S/C6H15NO2S/c1-6(2)4-3-5-7-10(8)9/h6-7H,3-5H2,1-2H3,(H,8,9). The number of hydrogen-bond donors (Lipinski definition) is 2. The summed E-state index contributed by atoms with van der Waals surface area (Å²) in [6.45, 7) is 4.90. The van der Waals surface area contributed by atoms with E-state index in [9.17, 15) is 4.21 Å². The Hall–Kier alpha value is 0.0700. The summed E-state index contributed by atoms with van der Waals surface area (Å²) < 4.78 is 20.8. The predicted molar refractivity (Wildman–Crippen MR) is 42.8 cm³/mol. The second-order valence-corrected chi connectivity index (χ2v) is 3.47. The van der Waals surface area contributed by atoms with Crippen molar-refractivity contribution in [2.45, 2.75) is 26.7 Å². The van der Waals surface area contributed by atoms with Gasteiger partial charge in [-0.3, -0.25) is 4.55 Å². The third kappa shape index (κ3) is 8.07. The third-order valence-corrected chi connectivity index (χ3v) is 1.63. The largest absolute Gasteiger partial charge is 0.294 e. The number of hydrogen-bond acceptors (Lipinski definition) is 1. The quantitative estimate of drug-likeness (QED) is 0.474. The smallest absolute Gasteiger partial charge is 0.231 e. The first-order valence-electron chi connectivity index (χ1n) is 3.47. The number of rotatable bonds is 5. The molecule has 4 heteroatoms. The van der Waals surface area contributed by atoms with Gasteiger partial charge >= 0.3 is 0 Å². The highest BCUT2D eigenvalue weighted by Gasteiger charge is 1.94. The van der Waals surface area contributed by atoms with E-state index in [1.807, 2.05) is 0 Å². The molecule has 0 aromatic heterocycles. The molecule has 3 nitrogen and oxygen atoms in total. The van der Waals surface area contributed by atoms with Gasteiger partial charge in [0, 0.05) is 6.54 Å². The molecule has 0 aliphatic carbocycles. The van der Waals surface area contributed by atoms with Crippen LogP contribution >= 0.6 is 0 Å². The van der Waals surface area contributed by atoms with E-state index in [1.165, 1.54) is 0 Å². The Morgan fingerprint density at radius 1 is 1.60 bits per heavy atom. The van der Waals surface area contributed by atoms with Crippen molar-refractivity contribution < 1.29 is 8.76 Å². The van der Waals surface area contributed by atoms with Crippen molar-refractivity contribution in [1.82, 2.24) is 4.72 Å². The first-order valence-corrected chi connectivity index (χ1v) is 4.58. The van der Waals surface area contributed by atoms with Gasteiger partial charge in [-0.15, -0.1) is 0 Å². The van der Waals surface area contributed by atoms with E-state index in [0.717, 1.165) is 12.8 Å². The van der Waals surface area contributed by atoms with Gasteiger partial charge in [-0.05, 0) is 18.8 Å². The van der Waals surface area contributed by atoms with Crippen molar-refractivity contribution in [3.05, 3.63) is 0 Å². The fourth-order valence-corrected chi connectivity index (χ4v) is 0.989. The monoisotopic (exact) mass is 165 g/mol. The Balaban J connectivity index is 2.98. The Labute approximate surface area is 64.6 Å². The van der Waals surface area contributed by atoms with Gasteiger partial charge in [0.1, 0.15) is 0 Å². The summed E-state index contributed by atoms with van der Waals surface area (Å²) in [4.78, 5) is 0. The van der Waals surface area contributed by atoms with Crippen LogP contribution in [0.5, 0.6) is 0 Å². The second kappa shape index (κ2) is 5.82. The first-order chi connectivity index (χ1) is 4.63. The molecule has 0 rings (SSSR count). The summed E-state index contributed by atoms with van der Waals surface area (Å²) in [5, 5.41) is 0. The Morgan fingerprint density at radius 3 is 2.60 bits per heavy atom. The molecular formula is C6H15NO2S. The van der Waals surface area contributed by atoms with Gasteiger partial charge in [0.05, 0.1) is 0 Å².